The molecule has 394 valence electrons. The molecule has 0 unspecified atom stereocenters. The van der Waals surface area contributed by atoms with Crippen molar-refractivity contribution in [1.82, 2.24) is 45.2 Å². The first-order valence-electron chi connectivity index (χ1n) is 24.8. The van der Waals surface area contributed by atoms with E-state index in [0.717, 1.165) is 77.3 Å². The maximum atomic E-state index is 6.13. The molecule has 11 nitrogen and oxygen atoms in total. The highest BCUT2D eigenvalue weighted by atomic mass is 35.5. The Kier molecular flexibility index (Phi) is 23.8. The molecule has 1 N–H and O–H groups in total. The van der Waals surface area contributed by atoms with E-state index in [1.165, 1.54) is 16.7 Å². The van der Waals surface area contributed by atoms with Crippen molar-refractivity contribution in [3.63, 3.8) is 0 Å². The fourth-order valence-electron chi connectivity index (χ4n) is 6.75. The van der Waals surface area contributed by atoms with Crippen LogP contribution in [0.25, 0.3) is 55.5 Å². The number of H-pyrrole nitrogens is 1. The molecular formula is C62H76ClN9O2S. The summed E-state index contributed by atoms with van der Waals surface area (Å²) in [7, 11) is 0. The molecule has 10 aromatic rings. The van der Waals surface area contributed by atoms with E-state index in [0.29, 0.717) is 29.7 Å². The SMILES string of the molecule is C.C.CC(C)c1cc(-c2ccccc2)no1.CC(C)c1cc(-c2cccnc2)no1.CC(C)c1ncc(-c2ccccc2Cl)s1.Cc1ccc(-c2cn(C(C)C)nn2)cc1.Cc1ccc(-c2cnc(C(C)C)[nH]2)cc1. The molecule has 0 fully saturated rings. The third-order valence-electron chi connectivity index (χ3n) is 11.3. The number of pyridine rings is 1. The van der Waals surface area contributed by atoms with Crippen molar-refractivity contribution in [2.75, 3.05) is 0 Å². The van der Waals surface area contributed by atoms with Gasteiger partial charge in [-0.15, -0.1) is 16.4 Å². The average Bonchev–Trinajstić information content (AvgIpc) is 4.26. The Morgan fingerprint density at radius 3 is 1.57 bits per heavy atom. The van der Waals surface area contributed by atoms with Crippen molar-refractivity contribution in [2.24, 2.45) is 0 Å². The Morgan fingerprint density at radius 1 is 0.547 bits per heavy atom. The van der Waals surface area contributed by atoms with Gasteiger partial charge in [0.1, 0.15) is 34.4 Å². The highest BCUT2D eigenvalue weighted by molar-refractivity contribution is 7.15. The summed E-state index contributed by atoms with van der Waals surface area (Å²) in [5, 5.41) is 18.2. The quantitative estimate of drug-likeness (QED) is 0.142. The van der Waals surface area contributed by atoms with E-state index in [1.807, 2.05) is 102 Å². The Labute approximate surface area is 454 Å². The predicted molar refractivity (Wildman–Crippen MR) is 313 cm³/mol. The van der Waals surface area contributed by atoms with E-state index in [-0.39, 0.29) is 14.9 Å². The summed E-state index contributed by atoms with van der Waals surface area (Å²) in [6, 6.07) is 42.9. The standard InChI is InChI=1S/C13H16N2.C12H12ClNS.C12H15N3.C12H13NO.C11H12N2O.2CH4/c1-9(2)13-14-8-12(15-13)11-6-4-10(3)5-7-11;1-8(2)12-14-7-11(15-12)9-5-3-4-6-10(9)13;1-9(2)15-8-12(13-14-15)11-6-4-10(3)5-7-11;1-9(2)12-8-11(13-14-12)10-6-4-3-5-7-10;1-8(2)11-6-10(13-14-11)9-4-3-5-12-7-9;;/h4-9H,1-3H3,(H,14,15);3-8H,1-2H3;4-9H,1-3H3;3-9H,1-2H3;3-8H,1-2H3;2*1H4. The lowest BCUT2D eigenvalue weighted by Crippen LogP contribution is -2.00. The van der Waals surface area contributed by atoms with Gasteiger partial charge in [-0.25, -0.2) is 14.6 Å². The van der Waals surface area contributed by atoms with Crippen LogP contribution in [0.1, 0.15) is 147 Å². The minimum absolute atomic E-state index is 0. The molecule has 0 amide bonds. The summed E-state index contributed by atoms with van der Waals surface area (Å²) in [6.45, 7) is 25.3. The molecule has 0 aliphatic rings. The van der Waals surface area contributed by atoms with Crippen LogP contribution in [-0.4, -0.2) is 45.2 Å². The Morgan fingerprint density at radius 2 is 1.09 bits per heavy atom. The number of thiazole rings is 1. The monoisotopic (exact) mass is 1050 g/mol. The van der Waals surface area contributed by atoms with Crippen LogP contribution in [0.3, 0.4) is 0 Å². The third-order valence-corrected chi connectivity index (χ3v) is 12.9. The molecule has 0 bridgehead atoms. The zero-order chi connectivity index (χ0) is 52.4. The predicted octanol–water partition coefficient (Wildman–Crippen LogP) is 18.5. The molecule has 0 spiro atoms. The summed E-state index contributed by atoms with van der Waals surface area (Å²) in [6.07, 6.45) is 9.31. The van der Waals surface area contributed by atoms with Gasteiger partial charge >= 0.3 is 0 Å². The van der Waals surface area contributed by atoms with Gasteiger partial charge in [0, 0.05) is 87.7 Å². The number of aryl methyl sites for hydroxylation is 2. The van der Waals surface area contributed by atoms with Crippen molar-refractivity contribution in [3.8, 4) is 55.5 Å². The van der Waals surface area contributed by atoms with Gasteiger partial charge in [-0.2, -0.15) is 0 Å². The summed E-state index contributed by atoms with van der Waals surface area (Å²) >= 11 is 7.84. The second-order valence-corrected chi connectivity index (χ2v) is 20.6. The Bertz CT molecular complexity index is 2980. The van der Waals surface area contributed by atoms with Crippen molar-refractivity contribution in [1.29, 1.82) is 0 Å². The van der Waals surface area contributed by atoms with E-state index in [2.05, 4.69) is 172 Å². The van der Waals surface area contributed by atoms with Crippen molar-refractivity contribution < 1.29 is 9.05 Å². The summed E-state index contributed by atoms with van der Waals surface area (Å²) in [5.74, 6) is 4.57. The lowest BCUT2D eigenvalue weighted by molar-refractivity contribution is 0.373. The average molecular weight is 1050 g/mol. The van der Waals surface area contributed by atoms with Crippen LogP contribution in [-0.2, 0) is 0 Å². The molecular weight excluding hydrogens is 970 g/mol. The largest absolute Gasteiger partial charge is 0.361 e. The molecule has 10 rings (SSSR count). The maximum Gasteiger partial charge on any atom is 0.139 e. The van der Waals surface area contributed by atoms with Crippen LogP contribution in [0, 0.1) is 13.8 Å². The van der Waals surface area contributed by atoms with Gasteiger partial charge in [0.25, 0.3) is 0 Å². The molecule has 0 radical (unpaired) electrons. The molecule has 0 saturated heterocycles. The Hall–Kier alpha value is -7.28. The summed E-state index contributed by atoms with van der Waals surface area (Å²) in [4.78, 5) is 17.3. The van der Waals surface area contributed by atoms with Crippen LogP contribution in [0.15, 0.2) is 167 Å². The third kappa shape index (κ3) is 18.0. The summed E-state index contributed by atoms with van der Waals surface area (Å²) < 4.78 is 12.3. The molecule has 0 saturated carbocycles. The lowest BCUT2D eigenvalue weighted by Gasteiger charge is -2.01. The van der Waals surface area contributed by atoms with E-state index in [4.69, 9.17) is 20.6 Å². The number of rotatable bonds is 10. The minimum atomic E-state index is 0. The number of hydrogen-bond donors (Lipinski definition) is 1. The number of imidazole rings is 1. The molecule has 0 aliphatic heterocycles. The van der Waals surface area contributed by atoms with Crippen LogP contribution < -0.4 is 0 Å². The fourth-order valence-corrected chi connectivity index (χ4v) is 8.01. The van der Waals surface area contributed by atoms with Gasteiger partial charge in [0.15, 0.2) is 0 Å². The number of nitrogens with one attached hydrogen (secondary N) is 1. The topological polar surface area (TPSA) is 137 Å². The zero-order valence-electron chi connectivity index (χ0n) is 44.1. The molecule has 6 aromatic heterocycles. The van der Waals surface area contributed by atoms with E-state index in [9.17, 15) is 0 Å². The number of halogens is 1. The van der Waals surface area contributed by atoms with Gasteiger partial charge < -0.3 is 14.0 Å². The van der Waals surface area contributed by atoms with Crippen molar-refractivity contribution in [3.05, 3.63) is 197 Å². The smallest absolute Gasteiger partial charge is 0.139 e. The van der Waals surface area contributed by atoms with Crippen molar-refractivity contribution >= 4 is 22.9 Å². The van der Waals surface area contributed by atoms with Gasteiger partial charge in [-0.3, -0.25) is 4.98 Å². The number of benzene rings is 4. The summed E-state index contributed by atoms with van der Waals surface area (Å²) in [5.41, 5.74) is 11.8. The van der Waals surface area contributed by atoms with Gasteiger partial charge in [0.05, 0.1) is 28.0 Å². The molecule has 13 heteroatoms. The number of hydrogen-bond acceptors (Lipinski definition) is 10. The van der Waals surface area contributed by atoms with Crippen LogP contribution in [0.5, 0.6) is 0 Å². The highest BCUT2D eigenvalue weighted by Crippen LogP contribution is 2.34. The second kappa shape index (κ2) is 29.6. The number of aromatic amines is 1. The molecule has 6 heterocycles. The minimum Gasteiger partial charge on any atom is -0.361 e. The van der Waals surface area contributed by atoms with Gasteiger partial charge in [-0.1, -0.05) is 206 Å². The fraction of sp³-hybridized carbons (Fsp3) is 0.306. The first kappa shape index (κ1) is 60.3. The first-order chi connectivity index (χ1) is 35.1. The van der Waals surface area contributed by atoms with E-state index < -0.39 is 0 Å². The van der Waals surface area contributed by atoms with Crippen LogP contribution in [0.2, 0.25) is 5.02 Å². The van der Waals surface area contributed by atoms with Crippen LogP contribution >= 0.6 is 22.9 Å². The van der Waals surface area contributed by atoms with Gasteiger partial charge in [0.2, 0.25) is 0 Å². The van der Waals surface area contributed by atoms with Gasteiger partial charge in [-0.05, 0) is 51.5 Å². The van der Waals surface area contributed by atoms with Crippen molar-refractivity contribution in [2.45, 2.75) is 128 Å². The number of aromatic nitrogens is 9. The molecule has 4 aromatic carbocycles. The van der Waals surface area contributed by atoms with E-state index >= 15 is 0 Å². The van der Waals surface area contributed by atoms with E-state index in [1.54, 1.807) is 23.7 Å². The molecule has 75 heavy (non-hydrogen) atoms. The molecule has 0 aliphatic carbocycles. The maximum absolute atomic E-state index is 6.13. The van der Waals surface area contributed by atoms with Crippen LogP contribution in [0.4, 0.5) is 0 Å². The number of nitrogens with zero attached hydrogens (tertiary/aromatic N) is 8. The Balaban J connectivity index is 0.000000202. The lowest BCUT2D eigenvalue weighted by atomic mass is 10.1. The second-order valence-electron chi connectivity index (χ2n) is 19.1. The molecule has 0 atom stereocenters. The zero-order valence-corrected chi connectivity index (χ0v) is 45.7. The normalized spacial score (nSPS) is 10.6. The first-order valence-corrected chi connectivity index (χ1v) is 26.0. The highest BCUT2D eigenvalue weighted by Gasteiger charge is 2.12.